The Morgan fingerprint density at radius 3 is 2.52 bits per heavy atom. The number of hydrogen-bond acceptors (Lipinski definition) is 4. The lowest BCUT2D eigenvalue weighted by molar-refractivity contribution is -0.00981. The molecule has 1 heterocycles. The summed E-state index contributed by atoms with van der Waals surface area (Å²) in [7, 11) is 0. The fourth-order valence-electron chi connectivity index (χ4n) is 3.34. The first kappa shape index (κ1) is 19.2. The van der Waals surface area contributed by atoms with Crippen LogP contribution in [0.25, 0.3) is 10.8 Å². The van der Waals surface area contributed by atoms with E-state index in [4.69, 9.17) is 4.74 Å². The van der Waals surface area contributed by atoms with Crippen molar-refractivity contribution in [1.29, 1.82) is 0 Å². The van der Waals surface area contributed by atoms with Crippen molar-refractivity contribution in [2.45, 2.75) is 32.4 Å². The van der Waals surface area contributed by atoms with Crippen LogP contribution in [-0.2, 0) is 4.74 Å². The van der Waals surface area contributed by atoms with Crippen LogP contribution in [0.15, 0.2) is 42.5 Å². The van der Waals surface area contributed by atoms with E-state index in [-0.39, 0.29) is 19.1 Å². The van der Waals surface area contributed by atoms with Gasteiger partial charge in [-0.1, -0.05) is 36.4 Å². The molecule has 2 amide bonds. The smallest absolute Gasteiger partial charge is 0.410 e. The van der Waals surface area contributed by atoms with Gasteiger partial charge in [-0.3, -0.25) is 9.69 Å². The second-order valence-electron chi connectivity index (χ2n) is 7.79. The molecule has 1 atom stereocenters. The summed E-state index contributed by atoms with van der Waals surface area (Å²) in [4.78, 5) is 28.7. The molecule has 6 heteroatoms. The Morgan fingerprint density at radius 2 is 1.81 bits per heavy atom. The Hall–Kier alpha value is -2.60. The summed E-state index contributed by atoms with van der Waals surface area (Å²) in [5.41, 5.74) is 0.0306. The molecule has 1 unspecified atom stereocenters. The normalized spacial score (nSPS) is 17.9. The van der Waals surface area contributed by atoms with Crippen molar-refractivity contribution in [3.63, 3.8) is 0 Å². The van der Waals surface area contributed by atoms with Crippen LogP contribution in [0.4, 0.5) is 4.79 Å². The zero-order chi connectivity index (χ0) is 19.6. The van der Waals surface area contributed by atoms with Gasteiger partial charge in [0.1, 0.15) is 5.60 Å². The van der Waals surface area contributed by atoms with Gasteiger partial charge in [-0.25, -0.2) is 4.79 Å². The minimum atomic E-state index is -0.604. The molecule has 2 aromatic rings. The van der Waals surface area contributed by atoms with Crippen LogP contribution in [-0.4, -0.2) is 64.8 Å². The minimum Gasteiger partial charge on any atom is -0.444 e. The quantitative estimate of drug-likeness (QED) is 0.882. The van der Waals surface area contributed by atoms with Crippen LogP contribution in [0.2, 0.25) is 0 Å². The van der Waals surface area contributed by atoms with Gasteiger partial charge in [-0.15, -0.1) is 0 Å². The average Bonchev–Trinajstić information content (AvgIpc) is 2.65. The van der Waals surface area contributed by atoms with Crippen molar-refractivity contribution in [2.24, 2.45) is 0 Å². The summed E-state index contributed by atoms with van der Waals surface area (Å²) in [6.45, 7) is 6.20. The zero-order valence-electron chi connectivity index (χ0n) is 16.0. The molecule has 1 saturated heterocycles. The van der Waals surface area contributed by atoms with Gasteiger partial charge in [-0.05, 0) is 37.6 Å². The summed E-state index contributed by atoms with van der Waals surface area (Å²) in [5.74, 6) is -0.0888. The number of carbonyl (C=O) groups is 2. The Bertz CT molecular complexity index is 838. The van der Waals surface area contributed by atoms with Gasteiger partial charge in [0, 0.05) is 25.2 Å². The largest absolute Gasteiger partial charge is 0.444 e. The Kier molecular flexibility index (Phi) is 5.37. The van der Waals surface area contributed by atoms with Crippen molar-refractivity contribution in [3.05, 3.63) is 48.0 Å². The molecule has 27 heavy (non-hydrogen) atoms. The Balaban J connectivity index is 1.78. The molecule has 3 rings (SSSR count). The molecule has 0 aliphatic carbocycles. The molecule has 144 valence electrons. The maximum absolute atomic E-state index is 13.1. The summed E-state index contributed by atoms with van der Waals surface area (Å²) < 4.78 is 5.42. The SMILES string of the molecule is CC(C)(C)OC(=O)N1CCN(C(=O)c2cccc3ccccc23)CC1CO. The second kappa shape index (κ2) is 7.56. The van der Waals surface area contributed by atoms with Crippen LogP contribution in [0.5, 0.6) is 0 Å². The Morgan fingerprint density at radius 1 is 1.11 bits per heavy atom. The molecule has 0 spiro atoms. The third-order valence-corrected chi connectivity index (χ3v) is 4.63. The number of fused-ring (bicyclic) bond motifs is 1. The summed E-state index contributed by atoms with van der Waals surface area (Å²) in [5, 5.41) is 11.7. The van der Waals surface area contributed by atoms with E-state index in [1.165, 1.54) is 4.90 Å². The van der Waals surface area contributed by atoms with Gasteiger partial charge in [0.15, 0.2) is 0 Å². The molecular formula is C21H26N2O4. The maximum atomic E-state index is 13.1. The van der Waals surface area contributed by atoms with Crippen LogP contribution in [0.1, 0.15) is 31.1 Å². The number of aliphatic hydroxyl groups is 1. The van der Waals surface area contributed by atoms with E-state index in [1.54, 1.807) is 25.7 Å². The van der Waals surface area contributed by atoms with Crippen LogP contribution < -0.4 is 0 Å². The first-order valence-electron chi connectivity index (χ1n) is 9.17. The number of ether oxygens (including phenoxy) is 1. The first-order valence-corrected chi connectivity index (χ1v) is 9.17. The van der Waals surface area contributed by atoms with Crippen molar-refractivity contribution in [3.8, 4) is 0 Å². The standard InChI is InChI=1S/C21H26N2O4/c1-21(2,3)27-20(26)23-12-11-22(13-16(23)14-24)19(25)18-10-6-8-15-7-4-5-9-17(15)18/h4-10,16,24H,11-14H2,1-3H3. The lowest BCUT2D eigenvalue weighted by Crippen LogP contribution is -2.58. The van der Waals surface area contributed by atoms with Crippen LogP contribution in [0.3, 0.4) is 0 Å². The number of nitrogens with zero attached hydrogens (tertiary/aromatic N) is 2. The molecule has 1 aliphatic rings. The minimum absolute atomic E-state index is 0.0888. The van der Waals surface area contributed by atoms with Crippen molar-refractivity contribution >= 4 is 22.8 Å². The predicted octanol–water partition coefficient (Wildman–Crippen LogP) is 2.89. The van der Waals surface area contributed by atoms with Gasteiger partial charge in [0.25, 0.3) is 5.91 Å². The zero-order valence-corrected chi connectivity index (χ0v) is 16.0. The molecule has 0 radical (unpaired) electrons. The third kappa shape index (κ3) is 4.22. The number of carbonyl (C=O) groups excluding carboxylic acids is 2. The van der Waals surface area contributed by atoms with E-state index in [0.29, 0.717) is 18.7 Å². The fourth-order valence-corrected chi connectivity index (χ4v) is 3.34. The van der Waals surface area contributed by atoms with Crippen LogP contribution >= 0.6 is 0 Å². The van der Waals surface area contributed by atoms with Gasteiger partial charge in [0.2, 0.25) is 0 Å². The highest BCUT2D eigenvalue weighted by atomic mass is 16.6. The second-order valence-corrected chi connectivity index (χ2v) is 7.79. The van der Waals surface area contributed by atoms with Crippen molar-refractivity contribution in [1.82, 2.24) is 9.80 Å². The highest BCUT2D eigenvalue weighted by Crippen LogP contribution is 2.22. The molecule has 2 aromatic carbocycles. The molecule has 0 saturated carbocycles. The molecule has 6 nitrogen and oxygen atoms in total. The molecular weight excluding hydrogens is 344 g/mol. The lowest BCUT2D eigenvalue weighted by Gasteiger charge is -2.41. The van der Waals surface area contributed by atoms with E-state index in [1.807, 2.05) is 42.5 Å². The molecule has 0 aromatic heterocycles. The van der Waals surface area contributed by atoms with E-state index in [9.17, 15) is 14.7 Å². The highest BCUT2D eigenvalue weighted by Gasteiger charge is 2.35. The first-order chi connectivity index (χ1) is 12.8. The molecule has 0 bridgehead atoms. The van der Waals surface area contributed by atoms with E-state index >= 15 is 0 Å². The van der Waals surface area contributed by atoms with Gasteiger partial charge < -0.3 is 14.7 Å². The highest BCUT2D eigenvalue weighted by molar-refractivity contribution is 6.07. The summed E-state index contributed by atoms with van der Waals surface area (Å²) >= 11 is 0. The van der Waals surface area contributed by atoms with Crippen molar-refractivity contribution in [2.75, 3.05) is 26.2 Å². The number of amides is 2. The van der Waals surface area contributed by atoms with Crippen molar-refractivity contribution < 1.29 is 19.4 Å². The molecule has 1 aliphatic heterocycles. The summed E-state index contributed by atoms with van der Waals surface area (Å²) in [6.07, 6.45) is -0.459. The monoisotopic (exact) mass is 370 g/mol. The number of rotatable bonds is 2. The third-order valence-electron chi connectivity index (χ3n) is 4.63. The average molecular weight is 370 g/mol. The number of benzene rings is 2. The van der Waals surface area contributed by atoms with E-state index in [2.05, 4.69) is 0 Å². The molecule has 1 fully saturated rings. The molecule has 1 N–H and O–H groups in total. The van der Waals surface area contributed by atoms with Gasteiger partial charge >= 0.3 is 6.09 Å². The van der Waals surface area contributed by atoms with Gasteiger partial charge in [-0.2, -0.15) is 0 Å². The van der Waals surface area contributed by atoms with Gasteiger partial charge in [0.05, 0.1) is 12.6 Å². The number of piperazine rings is 1. The summed E-state index contributed by atoms with van der Waals surface area (Å²) in [6, 6.07) is 12.9. The Labute approximate surface area is 159 Å². The van der Waals surface area contributed by atoms with E-state index in [0.717, 1.165) is 10.8 Å². The topological polar surface area (TPSA) is 70.1 Å². The maximum Gasteiger partial charge on any atom is 0.410 e. The number of aliphatic hydroxyl groups excluding tert-OH is 1. The van der Waals surface area contributed by atoms with E-state index < -0.39 is 17.7 Å². The fraction of sp³-hybridized carbons (Fsp3) is 0.429. The van der Waals surface area contributed by atoms with Crippen LogP contribution in [0, 0.1) is 0 Å². The predicted molar refractivity (Wildman–Crippen MR) is 104 cm³/mol. The lowest BCUT2D eigenvalue weighted by atomic mass is 10.0. The number of hydrogen-bond donors (Lipinski definition) is 1.